The lowest BCUT2D eigenvalue weighted by molar-refractivity contribution is -0.136. The van der Waals surface area contributed by atoms with E-state index in [4.69, 9.17) is 28.7 Å². The van der Waals surface area contributed by atoms with E-state index in [-0.39, 0.29) is 107 Å². The molecule has 17 N–H and O–H groups in total. The number of hydrogen-bond acceptors (Lipinski definition) is 12. The molecule has 5 rings (SSSR count). The van der Waals surface area contributed by atoms with Crippen molar-refractivity contribution in [2.75, 3.05) is 19.6 Å². The zero-order valence-electron chi connectivity index (χ0n) is 44.9. The number of aromatic amines is 1. The molecule has 7 amide bonds. The first-order chi connectivity index (χ1) is 37.8. The number of ketones is 3. The molecule has 1 saturated carbocycles. The van der Waals surface area contributed by atoms with Crippen molar-refractivity contribution in [1.29, 1.82) is 0 Å². The van der Waals surface area contributed by atoms with Crippen LogP contribution in [0.1, 0.15) is 114 Å². The molecule has 7 atom stereocenters. The highest BCUT2D eigenvalue weighted by Crippen LogP contribution is 2.33. The Labute approximate surface area is 459 Å². The van der Waals surface area contributed by atoms with Gasteiger partial charge < -0.3 is 65.6 Å². The van der Waals surface area contributed by atoms with Gasteiger partial charge in [0, 0.05) is 81.2 Å². The van der Waals surface area contributed by atoms with Crippen molar-refractivity contribution in [1.82, 2.24) is 36.9 Å². The summed E-state index contributed by atoms with van der Waals surface area (Å²) in [7, 11) is 0. The van der Waals surface area contributed by atoms with Crippen molar-refractivity contribution < 1.29 is 47.9 Å². The summed E-state index contributed by atoms with van der Waals surface area (Å²) in [5.41, 5.74) is 29.9. The van der Waals surface area contributed by atoms with Gasteiger partial charge in [-0.25, -0.2) is 0 Å². The number of primary amides is 1. The summed E-state index contributed by atoms with van der Waals surface area (Å²) in [6.45, 7) is 1.47. The van der Waals surface area contributed by atoms with Crippen molar-refractivity contribution in [2.24, 2.45) is 56.4 Å². The lowest BCUT2D eigenvalue weighted by atomic mass is 9.83. The normalized spacial score (nSPS) is 21.7. The Balaban J connectivity index is 1.55. The van der Waals surface area contributed by atoms with Crippen LogP contribution in [0, 0.1) is 17.8 Å². The predicted octanol–water partition coefficient (Wildman–Crippen LogP) is -0.0201. The summed E-state index contributed by atoms with van der Waals surface area (Å²) in [4.78, 5) is 151. The highest BCUT2D eigenvalue weighted by molar-refractivity contribution is 5.99. The predicted molar refractivity (Wildman–Crippen MR) is 296 cm³/mol. The second kappa shape index (κ2) is 31.3. The van der Waals surface area contributed by atoms with E-state index in [2.05, 4.69) is 46.9 Å². The van der Waals surface area contributed by atoms with E-state index in [1.54, 1.807) is 36.5 Å². The molecule has 3 aromatic rings. The van der Waals surface area contributed by atoms with Crippen LogP contribution in [0.15, 0.2) is 70.8 Å². The molecule has 1 aliphatic carbocycles. The number of aliphatic imine (C=N–C) groups is 2. The summed E-state index contributed by atoms with van der Waals surface area (Å²) in [6.07, 6.45) is 3.13. The van der Waals surface area contributed by atoms with Crippen LogP contribution in [0.4, 0.5) is 0 Å². The smallest absolute Gasteiger partial charge is 0.243 e. The van der Waals surface area contributed by atoms with Gasteiger partial charge >= 0.3 is 0 Å². The summed E-state index contributed by atoms with van der Waals surface area (Å²) < 4.78 is 0. The molecule has 1 aromatic heterocycles. The Kier molecular flexibility index (Phi) is 24.4. The van der Waals surface area contributed by atoms with E-state index >= 15 is 0 Å². The van der Waals surface area contributed by atoms with Gasteiger partial charge in [-0.1, -0.05) is 48.5 Å². The number of aromatic nitrogens is 1. The minimum Gasteiger partial charge on any atom is -0.370 e. The molecule has 0 unspecified atom stereocenters. The number of rotatable bonds is 21. The average Bonchev–Trinajstić information content (AvgIpc) is 4.18. The van der Waals surface area contributed by atoms with Crippen molar-refractivity contribution in [3.63, 3.8) is 0 Å². The van der Waals surface area contributed by atoms with E-state index < -0.39 is 114 Å². The Morgan fingerprint density at radius 3 is 2.05 bits per heavy atom. The molecule has 2 heterocycles. The monoisotopic (exact) mass is 1090 g/mol. The average molecular weight is 1100 g/mol. The molecule has 1 aliphatic heterocycles. The maximum atomic E-state index is 14.9. The lowest BCUT2D eigenvalue weighted by Crippen LogP contribution is -2.58. The quantitative estimate of drug-likeness (QED) is 0.0379. The van der Waals surface area contributed by atoms with Crippen molar-refractivity contribution in [3.8, 4) is 0 Å². The van der Waals surface area contributed by atoms with Crippen molar-refractivity contribution >= 4 is 81.5 Å². The molecular formula is C55H78N14O10. The number of hydrogen-bond donors (Lipinski definition) is 12. The maximum absolute atomic E-state index is 14.9. The fourth-order valence-corrected chi connectivity index (χ4v) is 9.55. The standard InChI is InChI=1S/C55H78N14O10/c1-32(70)65-41(17-10-24-63-55(59)60)51(77)69-44-30-49(75)61-22-8-7-16-40(46(72)26-34-18-19-34)66-50(76)36(27-37-31-64-39-15-6-5-14-38(37)39)29-45(71)35(13-9-23-62-54(57)58)28-47(73)43(25-33-11-3-2-4-12-33)68-52(78)42(67-53(44)79)20-21-48(56)74/h2-6,11-12,14-15,31,34-36,40-44,64H,7-10,13,16-30H2,1H3,(H2,56,74)(H,61,75)(H,65,70)(H,66,76)(H,67,79)(H,68,78)(H,69,77)(H4,57,58,62)(H4,59,60,63)/t35-,36-,40+,41+,42+,43-,44+/m1/s1. The molecule has 24 heteroatoms. The number of nitrogens with one attached hydrogen (secondary N) is 7. The SMILES string of the molecule is CC(=O)N[C@@H](CCCN=C(N)N)C(=O)N[C@H]1CC(=O)NCCCC[C@@H](C(=O)CC2CC2)NC(=O)[C@H](Cc2c[nH]c3ccccc23)CC(=O)[C@H](CCCN=C(N)N)CC(=O)[C@@H](Cc2ccccc2)NC(=O)[C@H](CCC(N)=O)NC1=O. The second-order valence-electron chi connectivity index (χ2n) is 20.6. The Morgan fingerprint density at radius 2 is 1.37 bits per heavy atom. The highest BCUT2D eigenvalue weighted by atomic mass is 16.2. The Morgan fingerprint density at radius 1 is 0.696 bits per heavy atom. The van der Waals surface area contributed by atoms with Crippen molar-refractivity contribution in [2.45, 2.75) is 146 Å². The summed E-state index contributed by atoms with van der Waals surface area (Å²) in [5.74, 6) is -8.78. The van der Waals surface area contributed by atoms with Crippen LogP contribution in [0.3, 0.4) is 0 Å². The maximum Gasteiger partial charge on any atom is 0.243 e. The van der Waals surface area contributed by atoms with Gasteiger partial charge in [-0.2, -0.15) is 0 Å². The topological polar surface area (TPSA) is 413 Å². The zero-order valence-corrected chi connectivity index (χ0v) is 44.9. The number of benzene rings is 2. The molecule has 0 bridgehead atoms. The first-order valence-electron chi connectivity index (χ1n) is 27.1. The highest BCUT2D eigenvalue weighted by Gasteiger charge is 2.36. The number of nitrogens with two attached hydrogens (primary N) is 5. The molecule has 2 aliphatic rings. The molecule has 2 fully saturated rings. The summed E-state index contributed by atoms with van der Waals surface area (Å²) in [6, 6.07) is 9.49. The third kappa shape index (κ3) is 21.6. The lowest BCUT2D eigenvalue weighted by Gasteiger charge is -2.27. The van der Waals surface area contributed by atoms with Crippen LogP contribution in [0.5, 0.6) is 0 Å². The molecule has 79 heavy (non-hydrogen) atoms. The molecular weight excluding hydrogens is 1020 g/mol. The largest absolute Gasteiger partial charge is 0.370 e. The third-order valence-corrected chi connectivity index (χ3v) is 14.0. The fraction of sp³-hybridized carbons (Fsp3) is 0.527. The van der Waals surface area contributed by atoms with Crippen LogP contribution in [-0.4, -0.2) is 125 Å². The second-order valence-corrected chi connectivity index (χ2v) is 20.6. The van der Waals surface area contributed by atoms with Crippen molar-refractivity contribution in [3.05, 3.63) is 71.9 Å². The summed E-state index contributed by atoms with van der Waals surface area (Å²) >= 11 is 0. The fourth-order valence-electron chi connectivity index (χ4n) is 9.55. The first-order valence-corrected chi connectivity index (χ1v) is 27.1. The number of carbonyl (C=O) groups is 10. The molecule has 0 radical (unpaired) electrons. The number of fused-ring (bicyclic) bond motifs is 1. The number of guanidine groups is 2. The van der Waals surface area contributed by atoms with Crippen LogP contribution in [-0.2, 0) is 60.8 Å². The molecule has 24 nitrogen and oxygen atoms in total. The van der Waals surface area contributed by atoms with E-state index in [1.165, 1.54) is 6.92 Å². The number of nitrogens with zero attached hydrogens (tertiary/aromatic N) is 2. The van der Waals surface area contributed by atoms with Crippen LogP contribution in [0.2, 0.25) is 0 Å². The van der Waals surface area contributed by atoms with Gasteiger partial charge in [0.2, 0.25) is 41.4 Å². The van der Waals surface area contributed by atoms with Gasteiger partial charge in [0.05, 0.1) is 18.5 Å². The van der Waals surface area contributed by atoms with Gasteiger partial charge in [0.15, 0.2) is 23.5 Å². The van der Waals surface area contributed by atoms with E-state index in [0.717, 1.165) is 29.3 Å². The summed E-state index contributed by atoms with van der Waals surface area (Å²) in [5, 5.41) is 17.0. The van der Waals surface area contributed by atoms with Gasteiger partial charge in [-0.05, 0) is 100 Å². The van der Waals surface area contributed by atoms with Gasteiger partial charge in [-0.3, -0.25) is 57.9 Å². The van der Waals surface area contributed by atoms with E-state index in [0.29, 0.717) is 18.4 Å². The van der Waals surface area contributed by atoms with E-state index in [9.17, 15) is 47.9 Å². The minimum atomic E-state index is -1.67. The zero-order chi connectivity index (χ0) is 57.4. The van der Waals surface area contributed by atoms with Gasteiger partial charge in [0.1, 0.15) is 23.9 Å². The number of H-pyrrole nitrogens is 1. The number of carbonyl (C=O) groups excluding carboxylic acids is 10. The van der Waals surface area contributed by atoms with Crippen LogP contribution >= 0.6 is 0 Å². The number of amides is 7. The molecule has 1 saturated heterocycles. The molecule has 428 valence electrons. The molecule has 0 spiro atoms. The Bertz CT molecular complexity index is 2680. The number of para-hydroxylation sites is 1. The third-order valence-electron chi connectivity index (χ3n) is 14.0. The first kappa shape index (κ1) is 61.7. The van der Waals surface area contributed by atoms with Gasteiger partial charge in [-0.15, -0.1) is 0 Å². The molecule has 2 aromatic carbocycles. The number of Topliss-reactive ketones (excluding diaryl/α,β-unsaturated/α-hetero) is 3. The van der Waals surface area contributed by atoms with Crippen LogP contribution in [0.25, 0.3) is 10.9 Å². The Hall–Kier alpha value is -8.18. The van der Waals surface area contributed by atoms with Crippen LogP contribution < -0.4 is 60.6 Å². The minimum absolute atomic E-state index is 0.0152. The van der Waals surface area contributed by atoms with Gasteiger partial charge in [0.25, 0.3) is 0 Å². The van der Waals surface area contributed by atoms with E-state index in [1.807, 2.05) is 24.3 Å².